The summed E-state index contributed by atoms with van der Waals surface area (Å²) in [5.41, 5.74) is 1.82. The van der Waals surface area contributed by atoms with Crippen LogP contribution in [0.5, 0.6) is 0 Å². The maximum Gasteiger partial charge on any atom is 0.250 e. The number of carbonyl (C=O) groups excluding carboxylic acids is 2. The minimum absolute atomic E-state index is 0.0288. The van der Waals surface area contributed by atoms with Crippen LogP contribution >= 0.6 is 0 Å². The van der Waals surface area contributed by atoms with Crippen LogP contribution in [-0.4, -0.2) is 23.9 Å². The van der Waals surface area contributed by atoms with E-state index >= 15 is 0 Å². The van der Waals surface area contributed by atoms with Gasteiger partial charge in [0.2, 0.25) is 11.8 Å². The fraction of sp³-hybridized carbons (Fsp3) is 0.429. The Labute approximate surface area is 107 Å². The Hall–Kier alpha value is -1.84. The molecule has 1 heterocycles. The number of nitrogens with one attached hydrogen (secondary N) is 1. The number of piperazine rings is 1. The zero-order valence-corrected chi connectivity index (χ0v) is 10.9. The average Bonchev–Trinajstić information content (AvgIpc) is 2.36. The van der Waals surface area contributed by atoms with E-state index in [1.165, 1.54) is 0 Å². The summed E-state index contributed by atoms with van der Waals surface area (Å²) in [7, 11) is 0. The minimum Gasteiger partial charge on any atom is -0.343 e. The smallest absolute Gasteiger partial charge is 0.250 e. The third kappa shape index (κ3) is 1.98. The number of aryl methyl sites for hydroxylation is 1. The van der Waals surface area contributed by atoms with Gasteiger partial charge in [0.1, 0.15) is 12.1 Å². The first kappa shape index (κ1) is 12.6. The van der Waals surface area contributed by atoms with E-state index in [2.05, 4.69) is 5.32 Å². The molecule has 1 aromatic rings. The van der Waals surface area contributed by atoms with E-state index in [0.717, 1.165) is 11.3 Å². The lowest BCUT2D eigenvalue weighted by Gasteiger charge is -2.37. The van der Waals surface area contributed by atoms with E-state index in [1.807, 2.05) is 38.1 Å². The van der Waals surface area contributed by atoms with Crippen LogP contribution in [0.2, 0.25) is 0 Å². The Balaban J connectivity index is 2.43. The zero-order chi connectivity index (χ0) is 13.3. The summed E-state index contributed by atoms with van der Waals surface area (Å²) in [4.78, 5) is 25.9. The molecular weight excluding hydrogens is 228 g/mol. The van der Waals surface area contributed by atoms with Crippen LogP contribution in [0.4, 0.5) is 5.69 Å². The number of hydrogen-bond donors (Lipinski definition) is 1. The van der Waals surface area contributed by atoms with Gasteiger partial charge in [0.05, 0.1) is 0 Å². The topological polar surface area (TPSA) is 49.4 Å². The summed E-state index contributed by atoms with van der Waals surface area (Å²) < 4.78 is 0. The Morgan fingerprint density at radius 2 is 1.94 bits per heavy atom. The Morgan fingerprint density at radius 1 is 1.28 bits per heavy atom. The zero-order valence-electron chi connectivity index (χ0n) is 10.9. The Kier molecular flexibility index (Phi) is 3.36. The van der Waals surface area contributed by atoms with Gasteiger partial charge in [0.15, 0.2) is 0 Å². The van der Waals surface area contributed by atoms with Gasteiger partial charge in [-0.05, 0) is 31.9 Å². The van der Waals surface area contributed by atoms with Crippen LogP contribution in [0.25, 0.3) is 0 Å². The molecule has 0 bridgehead atoms. The molecule has 2 amide bonds. The SMILES string of the molecule is CCC1NC(=O)C(C)N(c2ccccc2C)C1=O. The lowest BCUT2D eigenvalue weighted by Crippen LogP contribution is -2.62. The highest BCUT2D eigenvalue weighted by molar-refractivity contribution is 6.08. The van der Waals surface area contributed by atoms with E-state index < -0.39 is 12.1 Å². The van der Waals surface area contributed by atoms with Crippen LogP contribution in [0, 0.1) is 6.92 Å². The normalized spacial score (nSPS) is 24.1. The van der Waals surface area contributed by atoms with Crippen molar-refractivity contribution in [1.82, 2.24) is 5.32 Å². The fourth-order valence-electron chi connectivity index (χ4n) is 2.27. The molecule has 18 heavy (non-hydrogen) atoms. The highest BCUT2D eigenvalue weighted by Gasteiger charge is 2.38. The minimum atomic E-state index is -0.457. The molecule has 2 rings (SSSR count). The highest BCUT2D eigenvalue weighted by atomic mass is 16.2. The molecule has 96 valence electrons. The first-order valence-electron chi connectivity index (χ1n) is 6.25. The van der Waals surface area contributed by atoms with Crippen molar-refractivity contribution in [2.45, 2.75) is 39.3 Å². The third-order valence-corrected chi connectivity index (χ3v) is 3.40. The summed E-state index contributed by atoms with van der Waals surface area (Å²) in [6.45, 7) is 5.60. The molecule has 1 aromatic carbocycles. The molecule has 1 saturated heterocycles. The molecule has 0 spiro atoms. The van der Waals surface area contributed by atoms with Gasteiger partial charge in [-0.1, -0.05) is 25.1 Å². The van der Waals surface area contributed by atoms with E-state index in [4.69, 9.17) is 0 Å². The second-order valence-electron chi connectivity index (χ2n) is 4.64. The van der Waals surface area contributed by atoms with Crippen molar-refractivity contribution < 1.29 is 9.59 Å². The third-order valence-electron chi connectivity index (χ3n) is 3.40. The molecule has 4 heteroatoms. The molecule has 2 atom stereocenters. The van der Waals surface area contributed by atoms with Gasteiger partial charge in [0.25, 0.3) is 0 Å². The van der Waals surface area contributed by atoms with Crippen molar-refractivity contribution in [3.05, 3.63) is 29.8 Å². The first-order valence-corrected chi connectivity index (χ1v) is 6.25. The number of amides is 2. The summed E-state index contributed by atoms with van der Waals surface area (Å²) in [5, 5.41) is 2.75. The molecule has 0 radical (unpaired) electrons. The Bertz CT molecular complexity index is 484. The van der Waals surface area contributed by atoms with Gasteiger partial charge in [0, 0.05) is 5.69 Å². The van der Waals surface area contributed by atoms with E-state index in [1.54, 1.807) is 11.8 Å². The highest BCUT2D eigenvalue weighted by Crippen LogP contribution is 2.25. The molecule has 0 saturated carbocycles. The number of para-hydroxylation sites is 1. The van der Waals surface area contributed by atoms with Gasteiger partial charge >= 0.3 is 0 Å². The molecule has 1 aliphatic rings. The summed E-state index contributed by atoms with van der Waals surface area (Å²) in [5.74, 6) is -0.122. The number of rotatable bonds is 2. The predicted octanol–water partition coefficient (Wildman–Crippen LogP) is 1.62. The molecule has 4 nitrogen and oxygen atoms in total. The van der Waals surface area contributed by atoms with Gasteiger partial charge in [-0.25, -0.2) is 0 Å². The van der Waals surface area contributed by atoms with Crippen molar-refractivity contribution >= 4 is 17.5 Å². The maximum absolute atomic E-state index is 12.4. The van der Waals surface area contributed by atoms with Crippen LogP contribution in [0.3, 0.4) is 0 Å². The largest absolute Gasteiger partial charge is 0.343 e. The molecule has 2 unspecified atom stereocenters. The average molecular weight is 246 g/mol. The van der Waals surface area contributed by atoms with E-state index in [0.29, 0.717) is 6.42 Å². The van der Waals surface area contributed by atoms with Crippen LogP contribution in [-0.2, 0) is 9.59 Å². The molecule has 1 aliphatic heterocycles. The number of hydrogen-bond acceptors (Lipinski definition) is 2. The van der Waals surface area contributed by atoms with Gasteiger partial charge in [-0.15, -0.1) is 0 Å². The standard InChI is InChI=1S/C14H18N2O2/c1-4-11-14(18)16(10(3)13(17)15-11)12-8-6-5-7-9(12)2/h5-8,10-11H,4H2,1-3H3,(H,15,17). The number of benzene rings is 1. The second kappa shape index (κ2) is 4.80. The molecule has 0 aromatic heterocycles. The number of nitrogens with zero attached hydrogens (tertiary/aromatic N) is 1. The number of carbonyl (C=O) groups is 2. The van der Waals surface area contributed by atoms with Crippen molar-refractivity contribution in [1.29, 1.82) is 0 Å². The predicted molar refractivity (Wildman–Crippen MR) is 70.3 cm³/mol. The van der Waals surface area contributed by atoms with Crippen molar-refractivity contribution in [2.75, 3.05) is 4.90 Å². The lowest BCUT2D eigenvalue weighted by atomic mass is 10.0. The van der Waals surface area contributed by atoms with Gasteiger partial charge in [-0.2, -0.15) is 0 Å². The van der Waals surface area contributed by atoms with E-state index in [-0.39, 0.29) is 11.8 Å². The fourth-order valence-corrected chi connectivity index (χ4v) is 2.27. The summed E-state index contributed by atoms with van der Waals surface area (Å²) in [6.07, 6.45) is 0.611. The lowest BCUT2D eigenvalue weighted by molar-refractivity contribution is -0.133. The van der Waals surface area contributed by atoms with Crippen molar-refractivity contribution in [2.24, 2.45) is 0 Å². The van der Waals surface area contributed by atoms with Crippen LogP contribution in [0.15, 0.2) is 24.3 Å². The van der Waals surface area contributed by atoms with Gasteiger partial charge < -0.3 is 5.32 Å². The summed E-state index contributed by atoms with van der Waals surface area (Å²) >= 11 is 0. The molecule has 1 fully saturated rings. The second-order valence-corrected chi connectivity index (χ2v) is 4.64. The molecule has 1 N–H and O–H groups in total. The maximum atomic E-state index is 12.4. The summed E-state index contributed by atoms with van der Waals surface area (Å²) in [6, 6.07) is 6.78. The monoisotopic (exact) mass is 246 g/mol. The van der Waals surface area contributed by atoms with Crippen molar-refractivity contribution in [3.8, 4) is 0 Å². The van der Waals surface area contributed by atoms with E-state index in [9.17, 15) is 9.59 Å². The first-order chi connectivity index (χ1) is 8.56. The van der Waals surface area contributed by atoms with Crippen molar-refractivity contribution in [3.63, 3.8) is 0 Å². The number of anilines is 1. The Morgan fingerprint density at radius 3 is 2.56 bits per heavy atom. The van der Waals surface area contributed by atoms with Crippen LogP contribution in [0.1, 0.15) is 25.8 Å². The molecule has 0 aliphatic carbocycles. The quantitative estimate of drug-likeness (QED) is 0.862. The molecular formula is C14H18N2O2. The van der Waals surface area contributed by atoms with Gasteiger partial charge in [-0.3, -0.25) is 14.5 Å². The van der Waals surface area contributed by atoms with Crippen LogP contribution < -0.4 is 10.2 Å².